The Bertz CT molecular complexity index is 740. The van der Waals surface area contributed by atoms with E-state index in [1.165, 1.54) is 0 Å². The van der Waals surface area contributed by atoms with Gasteiger partial charge in [0.2, 0.25) is 0 Å². The maximum absolute atomic E-state index is 12.6. The van der Waals surface area contributed by atoms with E-state index >= 15 is 0 Å². The van der Waals surface area contributed by atoms with Gasteiger partial charge in [0.25, 0.3) is 0 Å². The third-order valence-electron chi connectivity index (χ3n) is 4.88. The molecule has 0 aliphatic carbocycles. The van der Waals surface area contributed by atoms with Gasteiger partial charge < -0.3 is 0 Å². The number of benzene rings is 1. The lowest BCUT2D eigenvalue weighted by Gasteiger charge is -2.36. The van der Waals surface area contributed by atoms with E-state index in [4.69, 9.17) is 0 Å². The summed E-state index contributed by atoms with van der Waals surface area (Å²) in [7, 11) is 0. The molecule has 111 valence electrons. The largest absolute Gasteiger partial charge is 0.286 e. The van der Waals surface area contributed by atoms with Crippen molar-refractivity contribution in [2.75, 3.05) is 0 Å². The zero-order valence-electron chi connectivity index (χ0n) is 13.0. The molecule has 1 radical (unpaired) electrons. The molecule has 2 heterocycles. The summed E-state index contributed by atoms with van der Waals surface area (Å²) >= 11 is 0. The van der Waals surface area contributed by atoms with E-state index in [2.05, 4.69) is 4.99 Å². The first-order chi connectivity index (χ1) is 9.66. The van der Waals surface area contributed by atoms with Crippen LogP contribution >= 0.6 is 0 Å². The summed E-state index contributed by atoms with van der Waals surface area (Å²) in [6.45, 7) is 9.34. The van der Waals surface area contributed by atoms with Crippen molar-refractivity contribution in [3.8, 4) is 0 Å². The predicted octanol–water partition coefficient (Wildman–Crippen LogP) is 1.49. The minimum Gasteiger partial charge on any atom is -0.286 e. The second-order valence-electron chi connectivity index (χ2n) is 6.75. The Balaban J connectivity index is 2.22. The van der Waals surface area contributed by atoms with Crippen molar-refractivity contribution in [2.45, 2.75) is 45.7 Å². The van der Waals surface area contributed by atoms with E-state index in [-0.39, 0.29) is 5.82 Å². The molecule has 0 spiro atoms. The van der Waals surface area contributed by atoms with Gasteiger partial charge in [-0.2, -0.15) is 5.06 Å². The predicted molar refractivity (Wildman–Crippen MR) is 77.8 cm³/mol. The summed E-state index contributed by atoms with van der Waals surface area (Å²) in [5.74, 6) is 0.207. The van der Waals surface area contributed by atoms with Gasteiger partial charge in [-0.05, 0) is 52.3 Å². The van der Waals surface area contributed by atoms with Gasteiger partial charge in [-0.1, -0.05) is 17.3 Å². The molecule has 21 heavy (non-hydrogen) atoms. The van der Waals surface area contributed by atoms with E-state index in [1.807, 2.05) is 58.9 Å². The van der Waals surface area contributed by atoms with Gasteiger partial charge in [-0.15, -0.1) is 0 Å². The molecule has 0 saturated carbocycles. The smallest absolute Gasteiger partial charge is 0.183 e. The van der Waals surface area contributed by atoms with Crippen LogP contribution in [0.1, 0.15) is 33.3 Å². The molecule has 2 aliphatic rings. The Morgan fingerprint density at radius 3 is 2.38 bits per heavy atom. The zero-order valence-corrected chi connectivity index (χ0v) is 13.0. The lowest BCUT2D eigenvalue weighted by atomic mass is 9.84. The van der Waals surface area contributed by atoms with E-state index in [0.717, 1.165) is 26.3 Å². The first kappa shape index (κ1) is 14.1. The number of rotatable bonds is 0. The van der Waals surface area contributed by atoms with Crippen molar-refractivity contribution in [3.05, 3.63) is 45.9 Å². The Morgan fingerprint density at radius 1 is 1.14 bits per heavy atom. The van der Waals surface area contributed by atoms with Gasteiger partial charge in [-0.3, -0.25) is 5.21 Å². The highest BCUT2D eigenvalue weighted by Gasteiger charge is 2.57. The molecular formula is C16H20N3O2. The number of aryl methyl sites for hydroxylation is 1. The van der Waals surface area contributed by atoms with Crippen LogP contribution in [-0.4, -0.2) is 26.4 Å². The first-order valence-electron chi connectivity index (χ1n) is 7.04. The van der Waals surface area contributed by atoms with Crippen LogP contribution in [0.5, 0.6) is 0 Å². The molecule has 1 fully saturated rings. The van der Waals surface area contributed by atoms with Gasteiger partial charge in [-0.25, -0.2) is 10.1 Å². The number of hydroxylamine groups is 4. The Labute approximate surface area is 124 Å². The molecule has 1 saturated heterocycles. The minimum absolute atomic E-state index is 0.207. The van der Waals surface area contributed by atoms with Crippen LogP contribution in [-0.2, 0) is 5.21 Å². The minimum atomic E-state index is -0.752. The number of hydrogen-bond acceptors (Lipinski definition) is 4. The quantitative estimate of drug-likeness (QED) is 0.786. The number of allylic oxidation sites excluding steroid dienone is 1. The average molecular weight is 286 g/mol. The molecule has 5 heteroatoms. The molecule has 0 bridgehead atoms. The van der Waals surface area contributed by atoms with Crippen LogP contribution in [0.15, 0.2) is 34.7 Å². The highest BCUT2D eigenvalue weighted by Crippen LogP contribution is 2.44. The number of fused-ring (bicyclic) bond motifs is 1. The zero-order chi connectivity index (χ0) is 15.6. The SMILES string of the molecule is Cc1ccc2c(c1)=N/C(=C1\N([O])C(C)(C)C(C)(C)N1O)C=2. The summed E-state index contributed by atoms with van der Waals surface area (Å²) in [4.78, 5) is 4.51. The second kappa shape index (κ2) is 4.08. The fourth-order valence-corrected chi connectivity index (χ4v) is 2.63. The molecule has 0 aromatic heterocycles. The van der Waals surface area contributed by atoms with Crippen molar-refractivity contribution in [1.82, 2.24) is 10.1 Å². The third-order valence-corrected chi connectivity index (χ3v) is 4.88. The Kier molecular flexibility index (Phi) is 2.74. The normalized spacial score (nSPS) is 25.7. The second-order valence-corrected chi connectivity index (χ2v) is 6.75. The summed E-state index contributed by atoms with van der Waals surface area (Å²) in [5.41, 5.74) is 0.166. The summed E-state index contributed by atoms with van der Waals surface area (Å²) in [6, 6.07) is 5.96. The molecule has 1 N–H and O–H groups in total. The van der Waals surface area contributed by atoms with Gasteiger partial charge in [0.05, 0.1) is 16.4 Å². The lowest BCUT2D eigenvalue weighted by Crippen LogP contribution is -2.52. The van der Waals surface area contributed by atoms with E-state index in [1.54, 1.807) is 0 Å². The van der Waals surface area contributed by atoms with Crippen molar-refractivity contribution in [3.63, 3.8) is 0 Å². The molecule has 3 rings (SSSR count). The van der Waals surface area contributed by atoms with Crippen LogP contribution in [0.25, 0.3) is 6.08 Å². The van der Waals surface area contributed by atoms with Crippen LogP contribution in [0, 0.1) is 6.92 Å². The van der Waals surface area contributed by atoms with Gasteiger partial charge >= 0.3 is 0 Å². The van der Waals surface area contributed by atoms with Crippen LogP contribution < -0.4 is 10.6 Å². The van der Waals surface area contributed by atoms with E-state index in [9.17, 15) is 10.4 Å². The molecule has 2 aliphatic heterocycles. The molecule has 1 aromatic rings. The average Bonchev–Trinajstić information content (AvgIpc) is 2.84. The van der Waals surface area contributed by atoms with Crippen LogP contribution in [0.4, 0.5) is 0 Å². The molecule has 0 unspecified atom stereocenters. The number of nitrogens with zero attached hydrogens (tertiary/aromatic N) is 3. The van der Waals surface area contributed by atoms with Crippen molar-refractivity contribution in [2.24, 2.45) is 4.99 Å². The maximum Gasteiger partial charge on any atom is 0.183 e. The first-order valence-corrected chi connectivity index (χ1v) is 7.04. The molecule has 0 atom stereocenters. The summed E-state index contributed by atoms with van der Waals surface area (Å²) in [5, 5.41) is 26.8. The van der Waals surface area contributed by atoms with Crippen LogP contribution in [0.2, 0.25) is 0 Å². The third kappa shape index (κ3) is 1.74. The fraction of sp³-hybridized carbons (Fsp3) is 0.438. The van der Waals surface area contributed by atoms with Gasteiger partial charge in [0, 0.05) is 5.22 Å². The standard InChI is InChI=1S/C16H20N3O2/c1-10-6-7-11-9-13(17-12(11)8-10)14-18(20)15(2,3)16(4,5)19(14)21/h6-9,20H,1-5H3/b14-13-. The van der Waals surface area contributed by atoms with Gasteiger partial charge in [0.1, 0.15) is 5.70 Å². The van der Waals surface area contributed by atoms with E-state index in [0.29, 0.717) is 5.70 Å². The van der Waals surface area contributed by atoms with Crippen molar-refractivity contribution >= 4 is 6.08 Å². The highest BCUT2D eigenvalue weighted by atomic mass is 16.6. The molecule has 5 nitrogen and oxygen atoms in total. The Hall–Kier alpha value is -1.85. The topological polar surface area (TPSA) is 59.0 Å². The van der Waals surface area contributed by atoms with Crippen molar-refractivity contribution in [1.29, 1.82) is 0 Å². The highest BCUT2D eigenvalue weighted by molar-refractivity contribution is 5.52. The maximum atomic E-state index is 12.6. The summed E-state index contributed by atoms with van der Waals surface area (Å²) < 4.78 is 0. The van der Waals surface area contributed by atoms with E-state index < -0.39 is 11.1 Å². The summed E-state index contributed by atoms with van der Waals surface area (Å²) in [6.07, 6.45) is 1.84. The fourth-order valence-electron chi connectivity index (χ4n) is 2.63. The molecule has 0 amide bonds. The van der Waals surface area contributed by atoms with Crippen LogP contribution in [0.3, 0.4) is 0 Å². The van der Waals surface area contributed by atoms with Crippen molar-refractivity contribution < 1.29 is 10.4 Å². The monoisotopic (exact) mass is 286 g/mol. The molecular weight excluding hydrogens is 266 g/mol. The number of hydrogen-bond donors (Lipinski definition) is 1. The Morgan fingerprint density at radius 2 is 1.81 bits per heavy atom. The van der Waals surface area contributed by atoms with Gasteiger partial charge in [0.15, 0.2) is 5.82 Å². The molecule has 1 aromatic carbocycles. The lowest BCUT2D eigenvalue weighted by molar-refractivity contribution is -0.181.